The highest BCUT2D eigenvalue weighted by Crippen LogP contribution is 2.23. The molecule has 0 atom stereocenters. The molecule has 1 amide bonds. The van der Waals surface area contributed by atoms with Crippen molar-refractivity contribution in [2.45, 2.75) is 45.1 Å². The smallest absolute Gasteiger partial charge is 0.251 e. The van der Waals surface area contributed by atoms with Crippen LogP contribution in [-0.4, -0.2) is 37.2 Å². The van der Waals surface area contributed by atoms with E-state index in [9.17, 15) is 4.79 Å². The quantitative estimate of drug-likeness (QED) is 0.897. The monoisotopic (exact) mass is 291 g/mol. The van der Waals surface area contributed by atoms with Crippen LogP contribution < -0.4 is 10.6 Å². The van der Waals surface area contributed by atoms with Crippen molar-refractivity contribution in [1.82, 2.24) is 10.3 Å². The number of carbonyl (C=O) groups is 1. The molecule has 5 nitrogen and oxygen atoms in total. The summed E-state index contributed by atoms with van der Waals surface area (Å²) in [4.78, 5) is 17.0. The molecule has 5 heteroatoms. The number of nitrogens with one attached hydrogen (secondary N) is 2. The molecule has 0 unspecified atom stereocenters. The number of hydrogen-bond donors (Lipinski definition) is 2. The molecule has 1 aromatic heterocycles. The van der Waals surface area contributed by atoms with Crippen LogP contribution in [0.2, 0.25) is 0 Å². The molecule has 0 bridgehead atoms. The van der Waals surface area contributed by atoms with Gasteiger partial charge in [0.2, 0.25) is 0 Å². The molecule has 2 N–H and O–H groups in total. The van der Waals surface area contributed by atoms with E-state index in [0.29, 0.717) is 5.56 Å². The second-order valence-corrected chi connectivity index (χ2v) is 6.49. The van der Waals surface area contributed by atoms with E-state index < -0.39 is 0 Å². The summed E-state index contributed by atoms with van der Waals surface area (Å²) in [5, 5.41) is 6.12. The van der Waals surface area contributed by atoms with Crippen LogP contribution in [0.15, 0.2) is 12.1 Å². The third-order valence-corrected chi connectivity index (χ3v) is 3.67. The largest absolute Gasteiger partial charge is 0.381 e. The van der Waals surface area contributed by atoms with Crippen LogP contribution in [0, 0.1) is 0 Å². The van der Waals surface area contributed by atoms with Gasteiger partial charge in [-0.2, -0.15) is 0 Å². The molecule has 0 radical (unpaired) electrons. The van der Waals surface area contributed by atoms with Gasteiger partial charge < -0.3 is 15.4 Å². The first-order chi connectivity index (χ1) is 9.90. The molecular weight excluding hydrogens is 266 g/mol. The molecule has 1 aliphatic heterocycles. The molecule has 0 aromatic carbocycles. The van der Waals surface area contributed by atoms with Gasteiger partial charge in [-0.1, -0.05) is 20.8 Å². The maximum absolute atomic E-state index is 12.5. The lowest BCUT2D eigenvalue weighted by Gasteiger charge is -2.24. The summed E-state index contributed by atoms with van der Waals surface area (Å²) in [5.74, 6) is 0.686. The maximum Gasteiger partial charge on any atom is 0.251 e. The predicted molar refractivity (Wildman–Crippen MR) is 83.8 cm³/mol. The highest BCUT2D eigenvalue weighted by molar-refractivity contribution is 5.95. The van der Waals surface area contributed by atoms with Gasteiger partial charge in [0.1, 0.15) is 5.82 Å². The number of aromatic nitrogens is 1. The Balaban J connectivity index is 2.19. The van der Waals surface area contributed by atoms with E-state index >= 15 is 0 Å². The minimum Gasteiger partial charge on any atom is -0.381 e. The Kier molecular flexibility index (Phi) is 4.83. The van der Waals surface area contributed by atoms with Gasteiger partial charge in [0.25, 0.3) is 5.91 Å². The molecule has 1 fully saturated rings. The molecule has 116 valence electrons. The minimum atomic E-state index is -0.0967. The Labute approximate surface area is 126 Å². The number of rotatable bonds is 3. The average Bonchev–Trinajstić information content (AvgIpc) is 2.46. The lowest BCUT2D eigenvalue weighted by atomic mass is 9.90. The van der Waals surface area contributed by atoms with E-state index in [4.69, 9.17) is 4.74 Å². The van der Waals surface area contributed by atoms with Crippen LogP contribution >= 0.6 is 0 Å². The molecule has 1 saturated heterocycles. The zero-order valence-electron chi connectivity index (χ0n) is 13.3. The van der Waals surface area contributed by atoms with Crippen LogP contribution in [0.1, 0.15) is 49.7 Å². The lowest BCUT2D eigenvalue weighted by Crippen LogP contribution is -2.39. The molecule has 2 rings (SSSR count). The van der Waals surface area contributed by atoms with Crippen molar-refractivity contribution in [2.75, 3.05) is 25.6 Å². The first kappa shape index (κ1) is 15.8. The second-order valence-electron chi connectivity index (χ2n) is 6.49. The van der Waals surface area contributed by atoms with Gasteiger partial charge in [-0.15, -0.1) is 0 Å². The van der Waals surface area contributed by atoms with Crippen LogP contribution in [0.3, 0.4) is 0 Å². The summed E-state index contributed by atoms with van der Waals surface area (Å²) < 4.78 is 5.32. The zero-order valence-corrected chi connectivity index (χ0v) is 13.3. The molecule has 21 heavy (non-hydrogen) atoms. The Bertz CT molecular complexity index is 503. The van der Waals surface area contributed by atoms with Crippen molar-refractivity contribution in [3.05, 3.63) is 23.4 Å². The van der Waals surface area contributed by atoms with Gasteiger partial charge in [-0.05, 0) is 25.0 Å². The summed E-state index contributed by atoms with van der Waals surface area (Å²) in [6.45, 7) is 7.71. The van der Waals surface area contributed by atoms with Crippen molar-refractivity contribution in [3.63, 3.8) is 0 Å². The fourth-order valence-electron chi connectivity index (χ4n) is 2.28. The first-order valence-electron chi connectivity index (χ1n) is 7.49. The maximum atomic E-state index is 12.5. The summed E-state index contributed by atoms with van der Waals surface area (Å²) in [6, 6.07) is 3.88. The van der Waals surface area contributed by atoms with Crippen LogP contribution in [0.4, 0.5) is 5.82 Å². The predicted octanol–water partition coefficient (Wildman–Crippen LogP) is 2.33. The number of nitrogens with zero attached hydrogens (tertiary/aromatic N) is 1. The number of amides is 1. The third kappa shape index (κ3) is 4.17. The highest BCUT2D eigenvalue weighted by Gasteiger charge is 2.21. The number of anilines is 1. The minimum absolute atomic E-state index is 0.0358. The van der Waals surface area contributed by atoms with Gasteiger partial charge in [-0.25, -0.2) is 4.98 Å². The van der Waals surface area contributed by atoms with Gasteiger partial charge in [0.05, 0.1) is 0 Å². The fraction of sp³-hybridized carbons (Fsp3) is 0.625. The van der Waals surface area contributed by atoms with Crippen LogP contribution in [0.5, 0.6) is 0 Å². The van der Waals surface area contributed by atoms with Gasteiger partial charge in [-0.3, -0.25) is 4.79 Å². The molecule has 1 aromatic rings. The fourth-order valence-corrected chi connectivity index (χ4v) is 2.28. The normalized spacial score (nSPS) is 16.6. The Hall–Kier alpha value is -1.62. The Morgan fingerprint density at radius 1 is 1.29 bits per heavy atom. The van der Waals surface area contributed by atoms with Crippen molar-refractivity contribution in [1.29, 1.82) is 0 Å². The van der Waals surface area contributed by atoms with Gasteiger partial charge in [0.15, 0.2) is 0 Å². The Morgan fingerprint density at radius 3 is 2.52 bits per heavy atom. The van der Waals surface area contributed by atoms with E-state index in [1.54, 1.807) is 6.07 Å². The number of hydrogen-bond acceptors (Lipinski definition) is 4. The SMILES string of the molecule is CNc1cc(C(=O)NC2CCOCC2)cc(C(C)(C)C)n1. The van der Waals surface area contributed by atoms with E-state index in [0.717, 1.165) is 37.6 Å². The van der Waals surface area contributed by atoms with Crippen molar-refractivity contribution >= 4 is 11.7 Å². The van der Waals surface area contributed by atoms with E-state index in [1.165, 1.54) is 0 Å². The topological polar surface area (TPSA) is 63.2 Å². The van der Waals surface area contributed by atoms with E-state index in [2.05, 4.69) is 36.4 Å². The molecule has 2 heterocycles. The first-order valence-corrected chi connectivity index (χ1v) is 7.49. The highest BCUT2D eigenvalue weighted by atomic mass is 16.5. The summed E-state index contributed by atoms with van der Waals surface area (Å²) in [6.07, 6.45) is 1.75. The van der Waals surface area contributed by atoms with Gasteiger partial charge >= 0.3 is 0 Å². The summed E-state index contributed by atoms with van der Waals surface area (Å²) in [5.41, 5.74) is 1.47. The Morgan fingerprint density at radius 2 is 1.95 bits per heavy atom. The van der Waals surface area contributed by atoms with E-state index in [-0.39, 0.29) is 17.4 Å². The molecule has 1 aliphatic rings. The van der Waals surface area contributed by atoms with Crippen molar-refractivity contribution < 1.29 is 9.53 Å². The number of ether oxygens (including phenoxy) is 1. The zero-order chi connectivity index (χ0) is 15.5. The summed E-state index contributed by atoms with van der Waals surface area (Å²) in [7, 11) is 1.81. The van der Waals surface area contributed by atoms with Crippen LogP contribution in [0.25, 0.3) is 0 Å². The van der Waals surface area contributed by atoms with Crippen molar-refractivity contribution in [2.24, 2.45) is 0 Å². The number of carbonyl (C=O) groups excluding carboxylic acids is 1. The average molecular weight is 291 g/mol. The second kappa shape index (κ2) is 6.43. The number of pyridine rings is 1. The summed E-state index contributed by atoms with van der Waals surface area (Å²) >= 11 is 0. The molecule has 0 saturated carbocycles. The lowest BCUT2D eigenvalue weighted by molar-refractivity contribution is 0.0696. The molecule has 0 spiro atoms. The van der Waals surface area contributed by atoms with Gasteiger partial charge in [0, 0.05) is 43.0 Å². The third-order valence-electron chi connectivity index (χ3n) is 3.67. The van der Waals surface area contributed by atoms with Crippen molar-refractivity contribution in [3.8, 4) is 0 Å². The molecular formula is C16H25N3O2. The van der Waals surface area contributed by atoms with E-state index in [1.807, 2.05) is 13.1 Å². The standard InChI is InChI=1S/C16H25N3O2/c1-16(2,3)13-9-11(10-14(17-4)19-13)15(20)18-12-5-7-21-8-6-12/h9-10,12H,5-8H2,1-4H3,(H,17,19)(H,18,20). The molecule has 0 aliphatic carbocycles. The van der Waals surface area contributed by atoms with Crippen LogP contribution in [-0.2, 0) is 10.2 Å².